The van der Waals surface area contributed by atoms with Gasteiger partial charge in [0.25, 0.3) is 0 Å². The van der Waals surface area contributed by atoms with Gasteiger partial charge in [-0.1, -0.05) is 110 Å². The average Bonchev–Trinajstić information content (AvgIpc) is 2.93. The molecule has 0 saturated carbocycles. The van der Waals surface area contributed by atoms with Crippen molar-refractivity contribution < 1.29 is 23.5 Å². The lowest BCUT2D eigenvalue weighted by atomic mass is 10.0. The Hall–Kier alpha value is 1.06. The third kappa shape index (κ3) is 32.5. The van der Waals surface area contributed by atoms with Gasteiger partial charge in [0, 0.05) is 39.0 Å². The molecule has 0 aliphatic heterocycles. The fraction of sp³-hybridized carbons (Fsp3) is 1.00. The van der Waals surface area contributed by atoms with E-state index in [9.17, 15) is 0 Å². The average molecular weight is 697 g/mol. The molecule has 0 atom stereocenters. The Morgan fingerprint density at radius 2 is 0.833 bits per heavy atom. The maximum Gasteiger partial charge on any atom is 0.500 e. The van der Waals surface area contributed by atoms with Crippen LogP contribution in [0.4, 0.5) is 0 Å². The van der Waals surface area contributed by atoms with Gasteiger partial charge in [-0.3, -0.25) is 4.90 Å². The Kier molecular flexibility index (Phi) is 36.0. The van der Waals surface area contributed by atoms with Crippen molar-refractivity contribution in [2.24, 2.45) is 0 Å². The molecular weight excluding hydrogens is 629 g/mol. The smallest absolute Gasteiger partial charge is 0.395 e. The molecule has 0 aromatic heterocycles. The van der Waals surface area contributed by atoms with Gasteiger partial charge in [-0.25, -0.2) is 0 Å². The number of aliphatic hydroxyl groups is 2. The Morgan fingerprint density at radius 3 is 1.14 bits per heavy atom. The van der Waals surface area contributed by atoms with Crippen LogP contribution in [0.3, 0.4) is 0 Å². The summed E-state index contributed by atoms with van der Waals surface area (Å²) in [4.78, 5) is 2.03. The summed E-state index contributed by atoms with van der Waals surface area (Å²) in [5, 5.41) is 18.0. The molecule has 0 aliphatic carbocycles. The number of aliphatic hydroxyl groups excluding tert-OH is 2. The topological polar surface area (TPSA) is 71.4 Å². The van der Waals surface area contributed by atoms with Gasteiger partial charge in [-0.2, -0.15) is 0 Å². The van der Waals surface area contributed by atoms with Crippen LogP contribution >= 0.6 is 33.2 Å². The maximum atomic E-state index is 8.99. The summed E-state index contributed by atoms with van der Waals surface area (Å²) in [5.74, 6) is 0. The van der Waals surface area contributed by atoms with Crippen molar-refractivity contribution in [3.05, 3.63) is 0 Å². The molecule has 0 fully saturated rings. The lowest BCUT2D eigenvalue weighted by Gasteiger charge is -2.29. The number of halogens is 3. The second kappa shape index (κ2) is 33.4. The summed E-state index contributed by atoms with van der Waals surface area (Å²) in [6.07, 6.45) is 23.0. The van der Waals surface area contributed by atoms with Gasteiger partial charge in [-0.05, 0) is 39.8 Å². The molecule has 0 spiro atoms. The van der Waals surface area contributed by atoms with E-state index in [2.05, 4.69) is 6.92 Å². The van der Waals surface area contributed by atoms with Crippen molar-refractivity contribution in [1.29, 1.82) is 0 Å². The summed E-state index contributed by atoms with van der Waals surface area (Å²) in [6, 6.07) is -0.758. The minimum Gasteiger partial charge on any atom is -0.395 e. The number of hydrogen-bond donors (Lipinski definition) is 2. The highest BCUT2D eigenvalue weighted by Gasteiger charge is 2.39. The predicted octanol–water partition coefficient (Wildman–Crippen LogP) is 9.61. The van der Waals surface area contributed by atoms with E-state index in [0.717, 1.165) is 31.5 Å². The molecule has 0 rings (SSSR count). The maximum absolute atomic E-state index is 8.99. The second-order valence-corrected chi connectivity index (χ2v) is 23.1. The zero-order valence-electron chi connectivity index (χ0n) is 27.8. The number of hydrogen-bond acceptors (Lipinski definition) is 6. The lowest BCUT2D eigenvalue weighted by Crippen LogP contribution is -2.46. The molecule has 11 heteroatoms. The third-order valence-electron chi connectivity index (χ3n) is 7.20. The van der Waals surface area contributed by atoms with Crippen LogP contribution in [0.2, 0.25) is 12.1 Å². The molecule has 0 aromatic rings. The largest absolute Gasteiger partial charge is 0.500 e. The second-order valence-electron chi connectivity index (χ2n) is 11.0. The molecule has 0 aromatic carbocycles. The Morgan fingerprint density at radius 1 is 0.476 bits per heavy atom. The van der Waals surface area contributed by atoms with Crippen molar-refractivity contribution in [3.63, 3.8) is 0 Å². The van der Waals surface area contributed by atoms with E-state index in [1.165, 1.54) is 96.3 Å². The first-order valence-electron chi connectivity index (χ1n) is 17.2. The van der Waals surface area contributed by atoms with E-state index in [0.29, 0.717) is 32.9 Å². The standard InChI is InChI=1S/C18H37Cl3Si.C13H31NO5Si/c1-2-3-4-5-6-7-8-9-10-11-12-13-14-15-16-17-18-22(19,20)21;1-4-17-20(18-5-2,19-6-3)13-7-8-14(9-11-15)10-12-16/h2-18H2,1H3;15-16H,4-13H2,1-3H3. The highest BCUT2D eigenvalue weighted by molar-refractivity contribution is 7.64. The van der Waals surface area contributed by atoms with Gasteiger partial charge in [0.05, 0.1) is 13.2 Å². The third-order valence-corrected chi connectivity index (χ3v) is 13.0. The summed E-state index contributed by atoms with van der Waals surface area (Å²) in [7, 11) is -2.56. The zero-order chi connectivity index (χ0) is 31.8. The highest BCUT2D eigenvalue weighted by Crippen LogP contribution is 2.27. The minimum atomic E-state index is -2.56. The molecule has 256 valence electrons. The Balaban J connectivity index is 0. The zero-order valence-corrected chi connectivity index (χ0v) is 32.1. The molecule has 0 amide bonds. The molecule has 6 nitrogen and oxygen atoms in total. The lowest BCUT2D eigenvalue weighted by molar-refractivity contribution is 0.0694. The molecule has 42 heavy (non-hydrogen) atoms. The van der Waals surface area contributed by atoms with E-state index in [-0.39, 0.29) is 13.2 Å². The Labute approximate surface area is 277 Å². The van der Waals surface area contributed by atoms with Gasteiger partial charge >= 0.3 is 14.8 Å². The molecule has 0 radical (unpaired) electrons. The molecular formula is C31H68Cl3NO5Si2. The summed E-state index contributed by atoms with van der Waals surface area (Å²) in [6.45, 7) is 12.0. The van der Waals surface area contributed by atoms with E-state index >= 15 is 0 Å². The fourth-order valence-corrected chi connectivity index (χ4v) is 9.46. The Bertz CT molecular complexity index is 514. The van der Waals surface area contributed by atoms with Gasteiger partial charge in [0.1, 0.15) is 0 Å². The molecule has 2 N–H and O–H groups in total. The summed E-state index contributed by atoms with van der Waals surface area (Å²) < 4.78 is 17.4. The number of nitrogens with zero attached hydrogens (tertiary/aromatic N) is 1. The summed E-state index contributed by atoms with van der Waals surface area (Å²) in [5.41, 5.74) is 0. The molecule has 0 unspecified atom stereocenters. The fourth-order valence-electron chi connectivity index (χ4n) is 5.01. The SMILES string of the molecule is CCCCCCCCCCCCCCCCCC[Si](Cl)(Cl)Cl.CCO[Si](CCCN(CCO)CCO)(OCC)OCC. The first-order chi connectivity index (χ1) is 20.2. The van der Waals surface area contributed by atoms with Crippen LogP contribution in [0.25, 0.3) is 0 Å². The van der Waals surface area contributed by atoms with Crippen molar-refractivity contribution in [3.8, 4) is 0 Å². The monoisotopic (exact) mass is 695 g/mol. The van der Waals surface area contributed by atoms with Crippen molar-refractivity contribution in [2.45, 2.75) is 149 Å². The van der Waals surface area contributed by atoms with Crippen LogP contribution < -0.4 is 0 Å². The quantitative estimate of drug-likeness (QED) is 0.0427. The van der Waals surface area contributed by atoms with Crippen LogP contribution in [-0.4, -0.2) is 82.6 Å². The van der Waals surface area contributed by atoms with Crippen LogP contribution in [0.1, 0.15) is 137 Å². The van der Waals surface area contributed by atoms with Gasteiger partial charge < -0.3 is 23.5 Å². The van der Waals surface area contributed by atoms with Crippen LogP contribution in [0, 0.1) is 0 Å². The molecule has 0 bridgehead atoms. The van der Waals surface area contributed by atoms with E-state index in [1.807, 2.05) is 25.7 Å². The van der Waals surface area contributed by atoms with Crippen LogP contribution in [-0.2, 0) is 13.3 Å². The first kappa shape index (κ1) is 45.2. The van der Waals surface area contributed by atoms with Gasteiger partial charge in [0.2, 0.25) is 0 Å². The normalized spacial score (nSPS) is 12.1. The van der Waals surface area contributed by atoms with Crippen LogP contribution in [0.15, 0.2) is 0 Å². The number of rotatable bonds is 31. The van der Waals surface area contributed by atoms with Crippen molar-refractivity contribution in [1.82, 2.24) is 4.90 Å². The first-order valence-corrected chi connectivity index (χ1v) is 24.3. The van der Waals surface area contributed by atoms with E-state index in [4.69, 9.17) is 56.7 Å². The molecule has 0 heterocycles. The van der Waals surface area contributed by atoms with E-state index in [1.54, 1.807) is 0 Å². The summed E-state index contributed by atoms with van der Waals surface area (Å²) >= 11 is 17.6. The van der Waals surface area contributed by atoms with Gasteiger partial charge in [0.15, 0.2) is 0 Å². The highest BCUT2D eigenvalue weighted by atomic mass is 35.8. The van der Waals surface area contributed by atoms with Gasteiger partial charge in [-0.15, -0.1) is 33.2 Å². The van der Waals surface area contributed by atoms with Crippen molar-refractivity contribution >= 4 is 48.0 Å². The van der Waals surface area contributed by atoms with Crippen LogP contribution in [0.5, 0.6) is 0 Å². The predicted molar refractivity (Wildman–Crippen MR) is 188 cm³/mol. The number of unbranched alkanes of at least 4 members (excludes halogenated alkanes) is 15. The minimum absolute atomic E-state index is 0.102. The van der Waals surface area contributed by atoms with Crippen molar-refractivity contribution in [2.75, 3.05) is 52.7 Å². The molecule has 0 aliphatic rings. The molecule has 0 saturated heterocycles. The van der Waals surface area contributed by atoms with E-state index < -0.39 is 14.8 Å².